The third-order valence-electron chi connectivity index (χ3n) is 4.10. The minimum atomic E-state index is -1.30. The SMILES string of the molecule is CC(NC(=O)C(N)CC(=O)O)C(=O)N1CCCC1C(=O)NC(CS)C(=O)O. The molecule has 11 nitrogen and oxygen atoms in total. The lowest BCUT2D eigenvalue weighted by Gasteiger charge is -2.28. The van der Waals surface area contributed by atoms with Crippen LogP contribution in [0.15, 0.2) is 0 Å². The van der Waals surface area contributed by atoms with Crippen LogP contribution in [-0.2, 0) is 24.0 Å². The van der Waals surface area contributed by atoms with Gasteiger partial charge in [-0.15, -0.1) is 0 Å². The van der Waals surface area contributed by atoms with Gasteiger partial charge in [-0.1, -0.05) is 0 Å². The Kier molecular flexibility index (Phi) is 8.50. The molecule has 0 saturated carbocycles. The van der Waals surface area contributed by atoms with E-state index in [4.69, 9.17) is 15.9 Å². The Hall–Kier alpha value is -2.34. The Morgan fingerprint density at radius 2 is 1.85 bits per heavy atom. The van der Waals surface area contributed by atoms with Crippen molar-refractivity contribution in [3.63, 3.8) is 0 Å². The molecule has 6 N–H and O–H groups in total. The number of nitrogens with one attached hydrogen (secondary N) is 2. The van der Waals surface area contributed by atoms with E-state index < -0.39 is 60.2 Å². The number of aliphatic carboxylic acids is 2. The molecule has 1 rings (SSSR count). The standard InChI is InChI=1S/C15H24N4O7S/c1-7(17-12(22)8(16)5-11(20)21)14(24)19-4-2-3-10(19)13(23)18-9(6-27)15(25)26/h7-10,27H,2-6,16H2,1H3,(H,17,22)(H,18,23)(H,20,21)(H,25,26). The van der Waals surface area contributed by atoms with Crippen LogP contribution in [-0.4, -0.2) is 81.2 Å². The fourth-order valence-electron chi connectivity index (χ4n) is 2.67. The second-order valence-corrected chi connectivity index (χ2v) is 6.57. The summed E-state index contributed by atoms with van der Waals surface area (Å²) in [5.41, 5.74) is 5.45. The smallest absolute Gasteiger partial charge is 0.327 e. The highest BCUT2D eigenvalue weighted by Gasteiger charge is 2.37. The van der Waals surface area contributed by atoms with Crippen molar-refractivity contribution in [1.29, 1.82) is 0 Å². The second kappa shape index (κ2) is 10.1. The number of carboxylic acids is 2. The average molecular weight is 404 g/mol. The van der Waals surface area contributed by atoms with Crippen LogP contribution in [0, 0.1) is 0 Å². The molecule has 0 aromatic rings. The van der Waals surface area contributed by atoms with Gasteiger partial charge in [0.15, 0.2) is 0 Å². The van der Waals surface area contributed by atoms with E-state index in [0.717, 1.165) is 0 Å². The van der Waals surface area contributed by atoms with Crippen molar-refractivity contribution in [1.82, 2.24) is 15.5 Å². The van der Waals surface area contributed by atoms with Crippen LogP contribution >= 0.6 is 12.6 Å². The van der Waals surface area contributed by atoms with Crippen molar-refractivity contribution in [2.24, 2.45) is 5.73 Å². The summed E-state index contributed by atoms with van der Waals surface area (Å²) in [4.78, 5) is 59.6. The highest BCUT2D eigenvalue weighted by atomic mass is 32.1. The number of rotatable bonds is 9. The van der Waals surface area contributed by atoms with Gasteiger partial charge in [0.25, 0.3) is 0 Å². The van der Waals surface area contributed by atoms with Crippen LogP contribution in [0.3, 0.4) is 0 Å². The number of hydrogen-bond donors (Lipinski definition) is 6. The zero-order valence-electron chi connectivity index (χ0n) is 14.8. The number of carbonyl (C=O) groups is 5. The first-order chi connectivity index (χ1) is 12.6. The topological polar surface area (TPSA) is 179 Å². The number of carbonyl (C=O) groups excluding carboxylic acids is 3. The van der Waals surface area contributed by atoms with Gasteiger partial charge >= 0.3 is 11.9 Å². The number of thiol groups is 1. The summed E-state index contributed by atoms with van der Waals surface area (Å²) in [5.74, 6) is -4.52. The van der Waals surface area contributed by atoms with Crippen molar-refractivity contribution in [2.75, 3.05) is 12.3 Å². The van der Waals surface area contributed by atoms with Crippen LogP contribution in [0.2, 0.25) is 0 Å². The molecule has 12 heteroatoms. The molecule has 1 saturated heterocycles. The lowest BCUT2D eigenvalue weighted by atomic mass is 10.1. The van der Waals surface area contributed by atoms with Gasteiger partial charge in [0, 0.05) is 12.3 Å². The summed E-state index contributed by atoms with van der Waals surface area (Å²) in [5, 5.41) is 22.3. The molecule has 1 aliphatic rings. The first-order valence-corrected chi connectivity index (χ1v) is 8.94. The zero-order valence-corrected chi connectivity index (χ0v) is 15.6. The molecule has 3 amide bonds. The summed E-state index contributed by atoms with van der Waals surface area (Å²) in [6, 6.07) is -4.36. The van der Waals surface area contributed by atoms with Crippen molar-refractivity contribution in [2.45, 2.75) is 50.4 Å². The molecule has 27 heavy (non-hydrogen) atoms. The van der Waals surface area contributed by atoms with Gasteiger partial charge in [0.2, 0.25) is 17.7 Å². The molecule has 1 aliphatic heterocycles. The Morgan fingerprint density at radius 3 is 2.37 bits per heavy atom. The monoisotopic (exact) mass is 404 g/mol. The van der Waals surface area contributed by atoms with Gasteiger partial charge in [-0.25, -0.2) is 4.79 Å². The highest BCUT2D eigenvalue weighted by Crippen LogP contribution is 2.19. The van der Waals surface area contributed by atoms with E-state index in [1.165, 1.54) is 11.8 Å². The number of nitrogens with zero attached hydrogens (tertiary/aromatic N) is 1. The maximum atomic E-state index is 12.6. The summed E-state index contributed by atoms with van der Waals surface area (Å²) >= 11 is 3.87. The summed E-state index contributed by atoms with van der Waals surface area (Å²) in [7, 11) is 0. The van der Waals surface area contributed by atoms with Gasteiger partial charge in [-0.3, -0.25) is 19.2 Å². The maximum absolute atomic E-state index is 12.6. The molecule has 0 bridgehead atoms. The number of hydrogen-bond acceptors (Lipinski definition) is 7. The van der Waals surface area contributed by atoms with Crippen molar-refractivity contribution < 1.29 is 34.2 Å². The minimum Gasteiger partial charge on any atom is -0.481 e. The van der Waals surface area contributed by atoms with Crippen molar-refractivity contribution in [3.8, 4) is 0 Å². The molecule has 0 aromatic heterocycles. The Labute approximate surface area is 161 Å². The van der Waals surface area contributed by atoms with E-state index in [0.29, 0.717) is 12.8 Å². The lowest BCUT2D eigenvalue weighted by Crippen LogP contribution is -2.56. The van der Waals surface area contributed by atoms with E-state index in [9.17, 15) is 24.0 Å². The predicted octanol–water partition coefficient (Wildman–Crippen LogP) is -2.22. The van der Waals surface area contributed by atoms with E-state index in [-0.39, 0.29) is 12.3 Å². The molecule has 152 valence electrons. The molecule has 0 aromatic carbocycles. The van der Waals surface area contributed by atoms with Gasteiger partial charge in [0.05, 0.1) is 12.5 Å². The van der Waals surface area contributed by atoms with E-state index >= 15 is 0 Å². The van der Waals surface area contributed by atoms with Crippen LogP contribution < -0.4 is 16.4 Å². The highest BCUT2D eigenvalue weighted by molar-refractivity contribution is 7.80. The minimum absolute atomic E-state index is 0.102. The van der Waals surface area contributed by atoms with E-state index in [1.54, 1.807) is 0 Å². The van der Waals surface area contributed by atoms with Gasteiger partial charge in [-0.2, -0.15) is 12.6 Å². The molecule has 1 heterocycles. The molecular formula is C15H24N4O7S. The van der Waals surface area contributed by atoms with Gasteiger partial charge in [0.1, 0.15) is 18.1 Å². The Balaban J connectivity index is 2.71. The van der Waals surface area contributed by atoms with Crippen molar-refractivity contribution in [3.05, 3.63) is 0 Å². The van der Waals surface area contributed by atoms with E-state index in [1.807, 2.05) is 0 Å². The molecular weight excluding hydrogens is 380 g/mol. The van der Waals surface area contributed by atoms with Crippen LogP contribution in [0.25, 0.3) is 0 Å². The summed E-state index contributed by atoms with van der Waals surface area (Å²) in [6.07, 6.45) is 0.319. The number of carboxylic acid groups (broad SMARTS) is 2. The van der Waals surface area contributed by atoms with Gasteiger partial charge in [-0.05, 0) is 19.8 Å². The predicted molar refractivity (Wildman–Crippen MR) is 96.0 cm³/mol. The molecule has 0 radical (unpaired) electrons. The largest absolute Gasteiger partial charge is 0.481 e. The lowest BCUT2D eigenvalue weighted by molar-refractivity contribution is -0.144. The normalized spacial score (nSPS) is 19.7. The van der Waals surface area contributed by atoms with Crippen molar-refractivity contribution >= 4 is 42.3 Å². The quantitative estimate of drug-likeness (QED) is 0.234. The summed E-state index contributed by atoms with van der Waals surface area (Å²) in [6.45, 7) is 1.67. The molecule has 0 aliphatic carbocycles. The van der Waals surface area contributed by atoms with Crippen LogP contribution in [0.1, 0.15) is 26.2 Å². The second-order valence-electron chi connectivity index (χ2n) is 6.21. The number of amides is 3. The number of nitrogens with two attached hydrogens (primary N) is 1. The first-order valence-electron chi connectivity index (χ1n) is 8.30. The Morgan fingerprint density at radius 1 is 1.22 bits per heavy atom. The number of likely N-dealkylation sites (tertiary alicyclic amines) is 1. The third kappa shape index (κ3) is 6.40. The molecule has 1 fully saturated rings. The van der Waals surface area contributed by atoms with Crippen LogP contribution in [0.5, 0.6) is 0 Å². The van der Waals surface area contributed by atoms with Gasteiger partial charge < -0.3 is 31.5 Å². The fourth-order valence-corrected chi connectivity index (χ4v) is 2.92. The zero-order chi connectivity index (χ0) is 20.7. The Bertz CT molecular complexity index is 615. The van der Waals surface area contributed by atoms with Crippen LogP contribution in [0.4, 0.5) is 0 Å². The fraction of sp³-hybridized carbons (Fsp3) is 0.667. The summed E-state index contributed by atoms with van der Waals surface area (Å²) < 4.78 is 0. The maximum Gasteiger partial charge on any atom is 0.327 e. The molecule has 0 spiro atoms. The first kappa shape index (κ1) is 22.7. The molecule has 4 atom stereocenters. The average Bonchev–Trinajstić information content (AvgIpc) is 3.07. The molecule has 4 unspecified atom stereocenters. The van der Waals surface area contributed by atoms with E-state index in [2.05, 4.69) is 23.3 Å². The third-order valence-corrected chi connectivity index (χ3v) is 4.46.